The normalized spacial score (nSPS) is 13.3. The molecule has 1 N–H and O–H groups in total. The first kappa shape index (κ1) is 28.3. The molecule has 0 saturated carbocycles. The minimum atomic E-state index is -3.97. The molecule has 0 bridgehead atoms. The standard InChI is InChI=1S/C21H38O8P2/c1-15(2)27-31(24,28-16(3)4)29-19-13-17(5)12-18(14-30(23,25-8)26-9)20(19)21(6,7)10-11-22/h12-13,15-16,22H,10-11,14H2,1-9H3. The maximum atomic E-state index is 13.4. The number of rotatable bonds is 13. The zero-order chi connectivity index (χ0) is 24.0. The van der Waals surface area contributed by atoms with Crippen LogP contribution in [-0.4, -0.2) is 38.1 Å². The Balaban J connectivity index is 3.71. The Bertz CT molecular complexity index is 798. The van der Waals surface area contributed by atoms with Crippen molar-refractivity contribution in [2.24, 2.45) is 0 Å². The Morgan fingerprint density at radius 2 is 1.52 bits per heavy atom. The second-order valence-corrected chi connectivity index (χ2v) is 12.4. The van der Waals surface area contributed by atoms with E-state index in [2.05, 4.69) is 0 Å². The number of phosphoric ester groups is 1. The summed E-state index contributed by atoms with van der Waals surface area (Å²) in [6, 6.07) is 3.60. The van der Waals surface area contributed by atoms with Crippen molar-refractivity contribution < 1.29 is 36.9 Å². The van der Waals surface area contributed by atoms with Gasteiger partial charge in [0.1, 0.15) is 5.75 Å². The molecule has 0 aromatic heterocycles. The molecule has 0 atom stereocenters. The third-order valence-electron chi connectivity index (χ3n) is 4.55. The van der Waals surface area contributed by atoms with Crippen molar-refractivity contribution >= 4 is 15.4 Å². The number of phosphoric acid groups is 1. The van der Waals surface area contributed by atoms with Crippen LogP contribution >= 0.6 is 15.4 Å². The molecule has 0 amide bonds. The van der Waals surface area contributed by atoms with Crippen LogP contribution in [0, 0.1) is 6.92 Å². The molecule has 0 radical (unpaired) electrons. The van der Waals surface area contributed by atoms with Gasteiger partial charge < -0.3 is 18.7 Å². The molecule has 0 unspecified atom stereocenters. The Morgan fingerprint density at radius 1 is 1.00 bits per heavy atom. The SMILES string of the molecule is COP(=O)(Cc1cc(C)cc(OP(=O)(OC(C)C)OC(C)C)c1C(C)(C)CCO)OC. The van der Waals surface area contributed by atoms with Gasteiger partial charge in [-0.3, -0.25) is 13.6 Å². The summed E-state index contributed by atoms with van der Waals surface area (Å²) in [5, 5.41) is 9.65. The van der Waals surface area contributed by atoms with E-state index in [1.165, 1.54) is 14.2 Å². The summed E-state index contributed by atoms with van der Waals surface area (Å²) >= 11 is 0. The summed E-state index contributed by atoms with van der Waals surface area (Å²) < 4.78 is 53.7. The van der Waals surface area contributed by atoms with Crippen molar-refractivity contribution in [3.63, 3.8) is 0 Å². The highest BCUT2D eigenvalue weighted by Gasteiger charge is 2.37. The lowest BCUT2D eigenvalue weighted by Gasteiger charge is -2.32. The first-order valence-electron chi connectivity index (χ1n) is 10.3. The predicted molar refractivity (Wildman–Crippen MR) is 122 cm³/mol. The number of aryl methyl sites for hydroxylation is 1. The first-order valence-corrected chi connectivity index (χ1v) is 13.5. The van der Waals surface area contributed by atoms with Crippen molar-refractivity contribution in [1.29, 1.82) is 0 Å². The fraction of sp³-hybridized carbons (Fsp3) is 0.714. The van der Waals surface area contributed by atoms with Crippen molar-refractivity contribution in [1.82, 2.24) is 0 Å². The van der Waals surface area contributed by atoms with E-state index in [0.717, 1.165) is 5.56 Å². The fourth-order valence-corrected chi connectivity index (χ4v) is 5.94. The summed E-state index contributed by atoms with van der Waals surface area (Å²) in [7, 11) is -4.71. The van der Waals surface area contributed by atoms with Gasteiger partial charge in [0.05, 0.1) is 18.4 Å². The maximum Gasteiger partial charge on any atom is 0.530 e. The molecule has 31 heavy (non-hydrogen) atoms. The van der Waals surface area contributed by atoms with Gasteiger partial charge in [0.25, 0.3) is 0 Å². The molecule has 180 valence electrons. The number of aliphatic hydroxyl groups is 1. The van der Waals surface area contributed by atoms with Gasteiger partial charge in [-0.2, -0.15) is 0 Å². The molecule has 1 aromatic rings. The van der Waals surface area contributed by atoms with Gasteiger partial charge >= 0.3 is 15.4 Å². The van der Waals surface area contributed by atoms with Crippen LogP contribution in [0.1, 0.15) is 64.7 Å². The van der Waals surface area contributed by atoms with Crippen LogP contribution < -0.4 is 4.52 Å². The molecule has 0 heterocycles. The molecule has 1 rings (SSSR count). The van der Waals surface area contributed by atoms with Gasteiger partial charge in [0, 0.05) is 26.4 Å². The lowest BCUT2D eigenvalue weighted by atomic mass is 9.78. The van der Waals surface area contributed by atoms with E-state index in [9.17, 15) is 14.2 Å². The quantitative estimate of drug-likeness (QED) is 0.344. The molecular weight excluding hydrogens is 442 g/mol. The van der Waals surface area contributed by atoms with E-state index < -0.39 is 33.0 Å². The third-order valence-corrected chi connectivity index (χ3v) is 8.17. The van der Waals surface area contributed by atoms with E-state index >= 15 is 0 Å². The average molecular weight is 480 g/mol. The number of hydrogen-bond acceptors (Lipinski definition) is 8. The summed E-state index contributed by atoms with van der Waals surface area (Å²) in [5.74, 6) is 0.289. The second kappa shape index (κ2) is 11.4. The molecule has 0 aliphatic carbocycles. The van der Waals surface area contributed by atoms with Gasteiger partial charge in [0.15, 0.2) is 0 Å². The molecule has 1 aromatic carbocycles. The van der Waals surface area contributed by atoms with Crippen LogP contribution in [0.4, 0.5) is 0 Å². The summed E-state index contributed by atoms with van der Waals surface area (Å²) in [6.45, 7) is 12.6. The smallest absolute Gasteiger partial charge is 0.404 e. The highest BCUT2D eigenvalue weighted by Crippen LogP contribution is 2.56. The van der Waals surface area contributed by atoms with Crippen LogP contribution in [0.5, 0.6) is 5.75 Å². The van der Waals surface area contributed by atoms with Gasteiger partial charge in [-0.05, 0) is 63.6 Å². The topological polar surface area (TPSA) is 101 Å². The Morgan fingerprint density at radius 3 is 1.94 bits per heavy atom. The summed E-state index contributed by atoms with van der Waals surface area (Å²) in [5.41, 5.74) is 1.48. The second-order valence-electron chi connectivity index (χ2n) is 8.64. The maximum absolute atomic E-state index is 13.4. The molecule has 0 fully saturated rings. The van der Waals surface area contributed by atoms with Crippen molar-refractivity contribution in [2.45, 2.75) is 78.7 Å². The highest BCUT2D eigenvalue weighted by molar-refractivity contribution is 7.53. The molecule has 0 aliphatic heterocycles. The fourth-order valence-electron chi connectivity index (χ4n) is 3.31. The Hall–Kier alpha value is -0.720. The first-order chi connectivity index (χ1) is 14.2. The number of hydrogen-bond donors (Lipinski definition) is 1. The minimum absolute atomic E-state index is 0.0113. The van der Waals surface area contributed by atoms with Crippen molar-refractivity contribution in [3.8, 4) is 5.75 Å². The van der Waals surface area contributed by atoms with Crippen LogP contribution in [0.15, 0.2) is 12.1 Å². The monoisotopic (exact) mass is 480 g/mol. The van der Waals surface area contributed by atoms with E-state index in [-0.39, 0.29) is 18.5 Å². The molecular formula is C21H38O8P2. The Kier molecular flexibility index (Phi) is 10.4. The van der Waals surface area contributed by atoms with Gasteiger partial charge in [-0.1, -0.05) is 19.9 Å². The van der Waals surface area contributed by atoms with Crippen molar-refractivity contribution in [3.05, 3.63) is 28.8 Å². The van der Waals surface area contributed by atoms with Crippen LogP contribution in [0.2, 0.25) is 0 Å². The number of benzene rings is 1. The molecule has 10 heteroatoms. The van der Waals surface area contributed by atoms with E-state index in [1.54, 1.807) is 33.8 Å². The zero-order valence-electron chi connectivity index (χ0n) is 20.1. The predicted octanol–water partition coefficient (Wildman–Crippen LogP) is 5.98. The molecule has 0 spiro atoms. The zero-order valence-corrected chi connectivity index (χ0v) is 21.9. The average Bonchev–Trinajstić information content (AvgIpc) is 2.58. The van der Waals surface area contributed by atoms with Gasteiger partial charge in [-0.25, -0.2) is 4.57 Å². The Labute approximate surface area is 186 Å². The molecule has 8 nitrogen and oxygen atoms in total. The third kappa shape index (κ3) is 8.29. The van der Waals surface area contributed by atoms with E-state index in [1.807, 2.05) is 26.8 Å². The van der Waals surface area contributed by atoms with Gasteiger partial charge in [0.2, 0.25) is 0 Å². The van der Waals surface area contributed by atoms with Crippen LogP contribution in [0.3, 0.4) is 0 Å². The largest absolute Gasteiger partial charge is 0.530 e. The lowest BCUT2D eigenvalue weighted by molar-refractivity contribution is 0.103. The van der Waals surface area contributed by atoms with Gasteiger partial charge in [-0.15, -0.1) is 0 Å². The summed E-state index contributed by atoms with van der Waals surface area (Å²) in [4.78, 5) is 0. The molecule has 0 saturated heterocycles. The lowest BCUT2D eigenvalue weighted by Crippen LogP contribution is -2.23. The van der Waals surface area contributed by atoms with E-state index in [4.69, 9.17) is 22.6 Å². The summed E-state index contributed by atoms with van der Waals surface area (Å²) in [6.07, 6.45) is -0.415. The highest BCUT2D eigenvalue weighted by atomic mass is 31.2. The van der Waals surface area contributed by atoms with E-state index in [0.29, 0.717) is 17.5 Å². The molecule has 0 aliphatic rings. The number of aliphatic hydroxyl groups excluding tert-OH is 1. The van der Waals surface area contributed by atoms with Crippen LogP contribution in [0.25, 0.3) is 0 Å². The van der Waals surface area contributed by atoms with Crippen molar-refractivity contribution in [2.75, 3.05) is 20.8 Å². The minimum Gasteiger partial charge on any atom is -0.404 e. The van der Waals surface area contributed by atoms with Crippen LogP contribution in [-0.2, 0) is 38.8 Å².